The molecule has 1 aliphatic heterocycles. The van der Waals surface area contributed by atoms with E-state index in [4.69, 9.17) is 21.3 Å². The van der Waals surface area contributed by atoms with Crippen LogP contribution in [0.3, 0.4) is 0 Å². The number of nitrogens with one attached hydrogen (secondary N) is 1. The number of aromatic nitrogens is 1. The molecule has 8 nitrogen and oxygen atoms in total. The average molecular weight is 653 g/mol. The molecule has 0 spiro atoms. The number of amides is 1. The van der Waals surface area contributed by atoms with E-state index in [0.717, 1.165) is 28.0 Å². The van der Waals surface area contributed by atoms with E-state index in [1.165, 1.54) is 25.3 Å². The highest BCUT2D eigenvalue weighted by atomic mass is 35.5. The summed E-state index contributed by atoms with van der Waals surface area (Å²) < 4.78 is 33.6. The summed E-state index contributed by atoms with van der Waals surface area (Å²) in [6.45, 7) is 0. The molecular formula is C34H25ClN4O4S2. The van der Waals surface area contributed by atoms with Crippen LogP contribution in [0.4, 0.5) is 10.8 Å². The Morgan fingerprint density at radius 3 is 2.33 bits per heavy atom. The van der Waals surface area contributed by atoms with Crippen molar-refractivity contribution in [2.24, 2.45) is 4.99 Å². The number of allylic oxidation sites excluding steroid dienone is 2. The first-order valence-corrected chi connectivity index (χ1v) is 16.4. The van der Waals surface area contributed by atoms with Gasteiger partial charge in [0.1, 0.15) is 17.3 Å². The molecule has 4 aromatic carbocycles. The average Bonchev–Trinajstić information content (AvgIpc) is 3.66. The molecule has 0 saturated heterocycles. The Kier molecular flexibility index (Phi) is 8.61. The summed E-state index contributed by atoms with van der Waals surface area (Å²) in [5, 5.41) is 2.27. The van der Waals surface area contributed by atoms with Crippen LogP contribution in [0.1, 0.15) is 11.1 Å². The van der Waals surface area contributed by atoms with Gasteiger partial charge in [-0.15, -0.1) is 11.3 Å². The van der Waals surface area contributed by atoms with Gasteiger partial charge in [-0.3, -0.25) is 14.4 Å². The van der Waals surface area contributed by atoms with Crippen molar-refractivity contribution in [1.29, 1.82) is 0 Å². The molecule has 0 unspecified atom stereocenters. The van der Waals surface area contributed by atoms with E-state index >= 15 is 0 Å². The number of rotatable bonds is 9. The van der Waals surface area contributed by atoms with Crippen molar-refractivity contribution in [3.63, 3.8) is 0 Å². The van der Waals surface area contributed by atoms with Crippen molar-refractivity contribution < 1.29 is 17.9 Å². The molecule has 45 heavy (non-hydrogen) atoms. The number of hydrogen-bond donors (Lipinski definition) is 1. The minimum Gasteiger partial charge on any atom is -0.495 e. The molecule has 0 aliphatic carbocycles. The molecule has 0 bridgehead atoms. The number of ether oxygens (including phenoxy) is 1. The zero-order valence-corrected chi connectivity index (χ0v) is 26.2. The number of anilines is 2. The molecule has 0 fully saturated rings. The van der Waals surface area contributed by atoms with Crippen LogP contribution in [0.5, 0.6) is 5.75 Å². The summed E-state index contributed by atoms with van der Waals surface area (Å²) in [4.78, 5) is 24.4. The number of aliphatic imine (C=N–C) groups is 1. The molecule has 6 rings (SSSR count). The smallest absolute Gasteiger partial charge is 0.282 e. The molecule has 0 radical (unpaired) electrons. The van der Waals surface area contributed by atoms with Gasteiger partial charge >= 0.3 is 0 Å². The van der Waals surface area contributed by atoms with Gasteiger partial charge in [-0.1, -0.05) is 96.5 Å². The summed E-state index contributed by atoms with van der Waals surface area (Å²) in [7, 11) is -2.51. The molecule has 1 N–H and O–H groups in total. The van der Waals surface area contributed by atoms with Gasteiger partial charge in [0.25, 0.3) is 15.9 Å². The minimum absolute atomic E-state index is 0.00000651. The Morgan fingerprint density at radius 2 is 1.62 bits per heavy atom. The number of carbonyl (C=O) groups excluding carboxylic acids is 1. The van der Waals surface area contributed by atoms with Crippen molar-refractivity contribution in [2.45, 2.75) is 4.90 Å². The van der Waals surface area contributed by atoms with Gasteiger partial charge in [0.2, 0.25) is 0 Å². The van der Waals surface area contributed by atoms with E-state index in [1.807, 2.05) is 97.1 Å². The second kappa shape index (κ2) is 12.9. The van der Waals surface area contributed by atoms with E-state index in [-0.39, 0.29) is 21.7 Å². The third-order valence-electron chi connectivity index (χ3n) is 6.81. The highest BCUT2D eigenvalue weighted by Crippen LogP contribution is 2.32. The monoisotopic (exact) mass is 652 g/mol. The molecule has 11 heteroatoms. The van der Waals surface area contributed by atoms with E-state index in [1.54, 1.807) is 16.4 Å². The molecule has 0 atom stereocenters. The van der Waals surface area contributed by atoms with E-state index in [0.29, 0.717) is 27.9 Å². The number of nitrogens with zero attached hydrogens (tertiary/aromatic N) is 3. The lowest BCUT2D eigenvalue weighted by Crippen LogP contribution is -2.32. The van der Waals surface area contributed by atoms with Gasteiger partial charge in [0.15, 0.2) is 5.13 Å². The maximum atomic E-state index is 13.6. The lowest BCUT2D eigenvalue weighted by atomic mass is 10.1. The lowest BCUT2D eigenvalue weighted by Gasteiger charge is -2.18. The lowest BCUT2D eigenvalue weighted by molar-refractivity contribution is -0.113. The van der Waals surface area contributed by atoms with Crippen molar-refractivity contribution in [3.05, 3.63) is 143 Å². The predicted molar refractivity (Wildman–Crippen MR) is 180 cm³/mol. The van der Waals surface area contributed by atoms with Gasteiger partial charge in [-0.25, -0.2) is 18.4 Å². The maximum Gasteiger partial charge on any atom is 0.282 e. The molecule has 1 amide bonds. The van der Waals surface area contributed by atoms with E-state index in [9.17, 15) is 13.2 Å². The molecule has 5 aromatic rings. The fourth-order valence-corrected chi connectivity index (χ4v) is 6.76. The molecule has 1 aliphatic rings. The highest BCUT2D eigenvalue weighted by Gasteiger charge is 2.32. The van der Waals surface area contributed by atoms with Gasteiger partial charge in [0, 0.05) is 22.6 Å². The summed E-state index contributed by atoms with van der Waals surface area (Å²) in [6.07, 6.45) is 5.45. The number of sulfonamides is 1. The first-order valence-electron chi connectivity index (χ1n) is 13.7. The number of hydrogen-bond acceptors (Lipinski definition) is 7. The van der Waals surface area contributed by atoms with Crippen LogP contribution < -0.4 is 14.4 Å². The first-order chi connectivity index (χ1) is 21.8. The van der Waals surface area contributed by atoms with E-state index < -0.39 is 10.0 Å². The van der Waals surface area contributed by atoms with Crippen molar-refractivity contribution in [1.82, 2.24) is 4.98 Å². The first kappa shape index (κ1) is 30.0. The number of thiazole rings is 1. The normalized spacial score (nSPS) is 14.3. The second-order valence-electron chi connectivity index (χ2n) is 9.75. The largest absolute Gasteiger partial charge is 0.495 e. The number of amidine groups is 1. The van der Waals surface area contributed by atoms with E-state index in [2.05, 4.69) is 9.71 Å². The van der Waals surface area contributed by atoms with Crippen molar-refractivity contribution in [3.8, 4) is 17.0 Å². The van der Waals surface area contributed by atoms with Gasteiger partial charge in [0.05, 0.1) is 28.4 Å². The zero-order chi connectivity index (χ0) is 31.4. The van der Waals surface area contributed by atoms with Crippen LogP contribution in [-0.2, 0) is 14.8 Å². The van der Waals surface area contributed by atoms with Crippen LogP contribution >= 0.6 is 22.9 Å². The third-order valence-corrected chi connectivity index (χ3v) is 9.35. The van der Waals surface area contributed by atoms with Crippen LogP contribution in [0.15, 0.2) is 136 Å². The zero-order valence-electron chi connectivity index (χ0n) is 23.8. The Bertz CT molecular complexity index is 2060. The van der Waals surface area contributed by atoms with Gasteiger partial charge in [-0.05, 0) is 35.9 Å². The second-order valence-corrected chi connectivity index (χ2v) is 12.7. The van der Waals surface area contributed by atoms with Crippen LogP contribution in [0.25, 0.3) is 17.3 Å². The summed E-state index contributed by atoms with van der Waals surface area (Å²) >= 11 is 7.20. The molecular weight excluding hydrogens is 628 g/mol. The van der Waals surface area contributed by atoms with Gasteiger partial charge < -0.3 is 4.74 Å². The fourth-order valence-electron chi connectivity index (χ4n) is 4.58. The molecule has 2 heterocycles. The minimum atomic E-state index is -3.92. The number of methoxy groups -OCH3 is 1. The number of halogens is 1. The summed E-state index contributed by atoms with van der Waals surface area (Å²) in [5.41, 5.74) is 4.10. The summed E-state index contributed by atoms with van der Waals surface area (Å²) in [5.74, 6) is 0.531. The molecule has 1 aromatic heterocycles. The topological polar surface area (TPSA) is 101 Å². The molecule has 0 saturated carbocycles. The number of carbonyl (C=O) groups is 1. The molecule has 224 valence electrons. The fraction of sp³-hybridized carbons (Fsp3) is 0.0294. The van der Waals surface area contributed by atoms with Crippen LogP contribution in [0, 0.1) is 0 Å². The summed E-state index contributed by atoms with van der Waals surface area (Å²) in [6, 6.07) is 30.9. The highest BCUT2D eigenvalue weighted by molar-refractivity contribution is 7.93. The van der Waals surface area contributed by atoms with Crippen molar-refractivity contribution in [2.75, 3.05) is 16.7 Å². The van der Waals surface area contributed by atoms with Crippen LogP contribution in [0.2, 0.25) is 5.02 Å². The Labute approximate surface area is 269 Å². The Morgan fingerprint density at radius 1 is 0.911 bits per heavy atom. The Hall–Kier alpha value is -5.03. The predicted octanol–water partition coefficient (Wildman–Crippen LogP) is 7.66. The van der Waals surface area contributed by atoms with Crippen LogP contribution in [-0.4, -0.2) is 32.3 Å². The van der Waals surface area contributed by atoms with Crippen molar-refractivity contribution >= 4 is 61.6 Å². The maximum absolute atomic E-state index is 13.6. The van der Waals surface area contributed by atoms with Gasteiger partial charge in [-0.2, -0.15) is 0 Å². The quantitative estimate of drug-likeness (QED) is 0.165. The SMILES string of the molecule is COc1cc(S(=O)(=O)Nc2nc(-c3ccc(N4C(=O)/C(=C/C=C/c5ccccc5)N=C4c4ccccc4)cc3)cs2)ccc1Cl. The standard InChI is InChI=1S/C34H25ClN4O4S2/c1-43-31-21-27(19-20-28(31)35)45(41,42)38-34-37-30(22-44-34)24-15-17-26(18-16-24)39-32(25-12-6-3-7-13-25)36-29(33(39)40)14-8-11-23-9-4-2-5-10-23/h2-22H,1H3,(H,37,38)/b11-8+,29-14-. The number of benzene rings is 4. The Balaban J connectivity index is 1.23. The third kappa shape index (κ3) is 6.58.